The molecule has 0 aromatic heterocycles. The Morgan fingerprint density at radius 1 is 0.966 bits per heavy atom. The molecule has 0 saturated carbocycles. The van der Waals surface area contributed by atoms with Gasteiger partial charge in [-0.2, -0.15) is 0 Å². The van der Waals surface area contributed by atoms with E-state index in [0.717, 1.165) is 0 Å². The molecule has 0 bridgehead atoms. The molecular formula is C21H17NO7. The molecule has 0 fully saturated rings. The van der Waals surface area contributed by atoms with Crippen molar-refractivity contribution in [2.75, 3.05) is 13.2 Å². The lowest BCUT2D eigenvalue weighted by Crippen LogP contribution is -2.28. The first-order chi connectivity index (χ1) is 13.9. The molecule has 0 radical (unpaired) electrons. The summed E-state index contributed by atoms with van der Waals surface area (Å²) in [6, 6.07) is 12.1. The van der Waals surface area contributed by atoms with E-state index in [0.29, 0.717) is 5.56 Å². The Labute approximate surface area is 165 Å². The third kappa shape index (κ3) is 4.16. The molecule has 8 heteroatoms. The van der Waals surface area contributed by atoms with Gasteiger partial charge in [0.25, 0.3) is 0 Å². The highest BCUT2D eigenvalue weighted by molar-refractivity contribution is 6.31. The lowest BCUT2D eigenvalue weighted by molar-refractivity contribution is -0.146. The number of Topliss-reactive ketones (excluding diaryl/α,β-unsaturated/α-hetero) is 1. The second-order valence-electron chi connectivity index (χ2n) is 5.96. The van der Waals surface area contributed by atoms with Gasteiger partial charge in [0.1, 0.15) is 11.3 Å². The average molecular weight is 395 g/mol. The number of benzene rings is 2. The maximum absolute atomic E-state index is 12.7. The van der Waals surface area contributed by atoms with Gasteiger partial charge in [-0.3, -0.25) is 4.79 Å². The van der Waals surface area contributed by atoms with Crippen LogP contribution < -0.4 is 10.5 Å². The summed E-state index contributed by atoms with van der Waals surface area (Å²) in [4.78, 5) is 48.1. The maximum atomic E-state index is 12.7. The Morgan fingerprint density at radius 2 is 1.62 bits per heavy atom. The summed E-state index contributed by atoms with van der Waals surface area (Å²) in [6.07, 6.45) is 0. The Balaban J connectivity index is 1.81. The molecular weight excluding hydrogens is 378 g/mol. The summed E-state index contributed by atoms with van der Waals surface area (Å²) in [7, 11) is 0. The molecule has 0 unspecified atom stereocenters. The molecule has 0 amide bonds. The minimum absolute atomic E-state index is 0.0686. The van der Waals surface area contributed by atoms with Gasteiger partial charge in [-0.1, -0.05) is 24.3 Å². The molecule has 8 nitrogen and oxygen atoms in total. The zero-order chi connectivity index (χ0) is 21.0. The minimum atomic E-state index is -0.843. The van der Waals surface area contributed by atoms with Gasteiger partial charge >= 0.3 is 17.9 Å². The largest absolute Gasteiger partial charge is 0.463 e. The average Bonchev–Trinajstić information content (AvgIpc) is 2.72. The highest BCUT2D eigenvalue weighted by atomic mass is 16.6. The van der Waals surface area contributed by atoms with Gasteiger partial charge in [0, 0.05) is 0 Å². The standard InChI is InChI=1S/C21H17NO7/c1-2-27-16(23)11-28-20(25)13-9-7-12(8-10-13)18(22)17-19(24)14-5-3-4-6-15(14)29-21(17)26/h3-10H,2,11,22H2,1H3/b18-17-. The molecule has 0 aliphatic carbocycles. The van der Waals surface area contributed by atoms with Crippen LogP contribution in [0, 0.1) is 0 Å². The zero-order valence-corrected chi connectivity index (χ0v) is 15.5. The minimum Gasteiger partial charge on any atom is -0.463 e. The van der Waals surface area contributed by atoms with E-state index in [2.05, 4.69) is 4.74 Å². The van der Waals surface area contributed by atoms with Crippen LogP contribution in [0.3, 0.4) is 0 Å². The van der Waals surface area contributed by atoms with Crippen LogP contribution in [-0.4, -0.2) is 36.9 Å². The van der Waals surface area contributed by atoms with Crippen molar-refractivity contribution >= 4 is 29.4 Å². The number of hydrogen-bond acceptors (Lipinski definition) is 8. The number of ketones is 1. The van der Waals surface area contributed by atoms with Gasteiger partial charge < -0.3 is 19.9 Å². The van der Waals surface area contributed by atoms with E-state index in [4.69, 9.17) is 15.2 Å². The Kier molecular flexibility index (Phi) is 5.73. The molecule has 2 N–H and O–H groups in total. The molecule has 0 spiro atoms. The van der Waals surface area contributed by atoms with Crippen LogP contribution in [0.2, 0.25) is 0 Å². The normalized spacial score (nSPS) is 14.5. The number of hydrogen-bond donors (Lipinski definition) is 1. The Hall–Kier alpha value is -3.94. The first kappa shape index (κ1) is 19.8. The van der Waals surface area contributed by atoms with Crippen molar-refractivity contribution in [2.24, 2.45) is 5.73 Å². The molecule has 0 atom stereocenters. The van der Waals surface area contributed by atoms with Crippen LogP contribution in [0.1, 0.15) is 33.2 Å². The van der Waals surface area contributed by atoms with Crippen molar-refractivity contribution in [3.63, 3.8) is 0 Å². The number of nitrogens with two attached hydrogens (primary N) is 1. The molecule has 1 aliphatic heterocycles. The smallest absolute Gasteiger partial charge is 0.349 e. The van der Waals surface area contributed by atoms with Crippen molar-refractivity contribution < 1.29 is 33.4 Å². The second-order valence-corrected chi connectivity index (χ2v) is 5.96. The fraction of sp³-hybridized carbons (Fsp3) is 0.143. The summed E-state index contributed by atoms with van der Waals surface area (Å²) in [6.45, 7) is 1.33. The molecule has 1 aliphatic rings. The van der Waals surface area contributed by atoms with Crippen molar-refractivity contribution in [3.8, 4) is 5.75 Å². The molecule has 148 valence electrons. The van der Waals surface area contributed by atoms with Crippen molar-refractivity contribution in [1.29, 1.82) is 0 Å². The number of carbonyl (C=O) groups is 4. The summed E-state index contributed by atoms with van der Waals surface area (Å²) in [5.74, 6) is -2.57. The van der Waals surface area contributed by atoms with E-state index >= 15 is 0 Å². The Morgan fingerprint density at radius 3 is 2.31 bits per heavy atom. The van der Waals surface area contributed by atoms with Gasteiger partial charge in [-0.15, -0.1) is 0 Å². The Bertz CT molecular complexity index is 1020. The first-order valence-corrected chi connectivity index (χ1v) is 8.71. The number of carbonyl (C=O) groups excluding carboxylic acids is 4. The van der Waals surface area contributed by atoms with E-state index in [-0.39, 0.29) is 34.8 Å². The van der Waals surface area contributed by atoms with Gasteiger partial charge in [0.15, 0.2) is 6.61 Å². The van der Waals surface area contributed by atoms with E-state index < -0.39 is 30.3 Å². The maximum Gasteiger partial charge on any atom is 0.349 e. The second kappa shape index (κ2) is 8.39. The van der Waals surface area contributed by atoms with Crippen LogP contribution in [0.25, 0.3) is 5.70 Å². The van der Waals surface area contributed by atoms with Gasteiger partial charge in [0.2, 0.25) is 5.78 Å². The van der Waals surface area contributed by atoms with Crippen LogP contribution in [0.4, 0.5) is 0 Å². The lowest BCUT2D eigenvalue weighted by atomic mass is 9.95. The van der Waals surface area contributed by atoms with E-state index in [1.807, 2.05) is 0 Å². The van der Waals surface area contributed by atoms with Crippen molar-refractivity contribution in [3.05, 3.63) is 70.8 Å². The van der Waals surface area contributed by atoms with Crippen LogP contribution in [0.5, 0.6) is 5.75 Å². The number of rotatable bonds is 5. The quantitative estimate of drug-likeness (QED) is 0.352. The fourth-order valence-electron chi connectivity index (χ4n) is 2.69. The summed E-state index contributed by atoms with van der Waals surface area (Å²) in [5.41, 5.74) is 6.46. The SMILES string of the molecule is CCOC(=O)COC(=O)c1ccc(/C(N)=C2/C(=O)Oc3ccccc3C2=O)cc1. The van der Waals surface area contributed by atoms with Crippen molar-refractivity contribution in [1.82, 2.24) is 0 Å². The summed E-state index contributed by atoms with van der Waals surface area (Å²) < 4.78 is 14.7. The number of esters is 3. The third-order valence-electron chi connectivity index (χ3n) is 4.09. The third-order valence-corrected chi connectivity index (χ3v) is 4.09. The molecule has 3 rings (SSSR count). The summed E-state index contributed by atoms with van der Waals surface area (Å²) in [5, 5.41) is 0. The molecule has 1 heterocycles. The topological polar surface area (TPSA) is 122 Å². The predicted molar refractivity (Wildman–Crippen MR) is 101 cm³/mol. The monoisotopic (exact) mass is 395 g/mol. The zero-order valence-electron chi connectivity index (χ0n) is 15.5. The van der Waals surface area contributed by atoms with E-state index in [1.165, 1.54) is 30.3 Å². The summed E-state index contributed by atoms with van der Waals surface area (Å²) >= 11 is 0. The highest BCUT2D eigenvalue weighted by Gasteiger charge is 2.33. The molecule has 2 aromatic carbocycles. The predicted octanol–water partition coefficient (Wildman–Crippen LogP) is 1.88. The van der Waals surface area contributed by atoms with Gasteiger partial charge in [-0.25, -0.2) is 14.4 Å². The number of ether oxygens (including phenoxy) is 3. The first-order valence-electron chi connectivity index (χ1n) is 8.71. The van der Waals surface area contributed by atoms with Gasteiger partial charge in [-0.05, 0) is 36.8 Å². The lowest BCUT2D eigenvalue weighted by Gasteiger charge is -2.18. The molecule has 2 aromatic rings. The van der Waals surface area contributed by atoms with Crippen LogP contribution in [0.15, 0.2) is 54.1 Å². The van der Waals surface area contributed by atoms with E-state index in [1.54, 1.807) is 25.1 Å². The van der Waals surface area contributed by atoms with E-state index in [9.17, 15) is 19.2 Å². The highest BCUT2D eigenvalue weighted by Crippen LogP contribution is 2.30. The number of fused-ring (bicyclic) bond motifs is 1. The van der Waals surface area contributed by atoms with Crippen molar-refractivity contribution in [2.45, 2.75) is 6.92 Å². The van der Waals surface area contributed by atoms with Crippen LogP contribution >= 0.6 is 0 Å². The molecule has 29 heavy (non-hydrogen) atoms. The fourth-order valence-corrected chi connectivity index (χ4v) is 2.69. The number of para-hydroxylation sites is 1. The molecule has 0 saturated heterocycles. The van der Waals surface area contributed by atoms with Gasteiger partial charge in [0.05, 0.1) is 23.4 Å². The van der Waals surface area contributed by atoms with Crippen LogP contribution in [-0.2, 0) is 19.1 Å².